The molecule has 0 bridgehead atoms. The molecule has 100 valence electrons. The molecule has 18 heavy (non-hydrogen) atoms. The quantitative estimate of drug-likeness (QED) is 0.818. The lowest BCUT2D eigenvalue weighted by Gasteiger charge is -2.24. The predicted octanol–water partition coefficient (Wildman–Crippen LogP) is 0.554. The zero-order valence-corrected chi connectivity index (χ0v) is 11.5. The zero-order chi connectivity index (χ0) is 13.3. The highest BCUT2D eigenvalue weighted by Gasteiger charge is 2.37. The Labute approximate surface area is 109 Å². The number of hydrogen-bond donors (Lipinski definition) is 1. The minimum atomic E-state index is -3.58. The van der Waals surface area contributed by atoms with Crippen molar-refractivity contribution in [2.24, 2.45) is 0 Å². The molecule has 0 amide bonds. The van der Waals surface area contributed by atoms with E-state index in [1.165, 1.54) is 10.4 Å². The maximum atomic E-state index is 12.2. The maximum Gasteiger partial charge on any atom is 0.253 e. The zero-order valence-electron chi connectivity index (χ0n) is 9.88. The second kappa shape index (κ2) is 4.96. The summed E-state index contributed by atoms with van der Waals surface area (Å²) in [5.74, 6) is -0.204. The van der Waals surface area contributed by atoms with Gasteiger partial charge in [0, 0.05) is 20.3 Å². The lowest BCUT2D eigenvalue weighted by Crippen LogP contribution is -2.40. The summed E-state index contributed by atoms with van der Waals surface area (Å²) in [4.78, 5) is 11.8. The van der Waals surface area contributed by atoms with Gasteiger partial charge in [-0.15, -0.1) is 11.3 Å². The molecule has 0 fully saturated rings. The molecule has 8 heteroatoms. The van der Waals surface area contributed by atoms with Crippen molar-refractivity contribution in [2.75, 3.05) is 32.5 Å². The smallest absolute Gasteiger partial charge is 0.253 e. The molecular weight excluding hydrogens is 276 g/mol. The van der Waals surface area contributed by atoms with E-state index in [9.17, 15) is 13.2 Å². The number of Topliss-reactive ketones (excluding diaryl/α,β-unsaturated/α-hetero) is 1. The van der Waals surface area contributed by atoms with Crippen LogP contribution in [0.5, 0.6) is 0 Å². The van der Waals surface area contributed by atoms with Gasteiger partial charge in [0.1, 0.15) is 4.21 Å². The Bertz CT molecular complexity index is 564. The summed E-state index contributed by atoms with van der Waals surface area (Å²) in [6.45, 7) is 0.619. The van der Waals surface area contributed by atoms with Crippen molar-refractivity contribution in [1.29, 1.82) is 0 Å². The molecule has 0 radical (unpaired) electrons. The Morgan fingerprint density at radius 1 is 1.56 bits per heavy atom. The molecule has 0 unspecified atom stereocenters. The molecule has 1 aliphatic heterocycles. The van der Waals surface area contributed by atoms with Gasteiger partial charge in [-0.2, -0.15) is 4.31 Å². The van der Waals surface area contributed by atoms with E-state index in [0.717, 1.165) is 11.3 Å². The standard InChI is InChI=1S/C10H14N2O4S2/c1-16-4-2-3-12-6-8(13)7-5-9(11)17-10(7)18(12,14)15/h5H,2-4,6,11H2,1H3. The van der Waals surface area contributed by atoms with Gasteiger partial charge in [-0.3, -0.25) is 4.79 Å². The average Bonchev–Trinajstić information content (AvgIpc) is 2.70. The minimum Gasteiger partial charge on any atom is -0.391 e. The second-order valence-electron chi connectivity index (χ2n) is 3.96. The monoisotopic (exact) mass is 290 g/mol. The van der Waals surface area contributed by atoms with Crippen molar-refractivity contribution in [3.05, 3.63) is 11.6 Å². The number of methoxy groups -OCH3 is 1. The summed E-state index contributed by atoms with van der Waals surface area (Å²) in [6, 6.07) is 1.44. The number of ether oxygens (including phenoxy) is 1. The average molecular weight is 290 g/mol. The van der Waals surface area contributed by atoms with E-state index in [1.54, 1.807) is 7.11 Å². The predicted molar refractivity (Wildman–Crippen MR) is 68.3 cm³/mol. The van der Waals surface area contributed by atoms with Gasteiger partial charge in [-0.1, -0.05) is 0 Å². The Morgan fingerprint density at radius 3 is 2.94 bits per heavy atom. The first-order chi connectivity index (χ1) is 8.46. The molecule has 0 saturated carbocycles. The van der Waals surface area contributed by atoms with Crippen LogP contribution in [0.1, 0.15) is 16.8 Å². The van der Waals surface area contributed by atoms with Crippen LogP contribution in [0.3, 0.4) is 0 Å². The highest BCUT2D eigenvalue weighted by Crippen LogP contribution is 2.35. The fourth-order valence-corrected chi connectivity index (χ4v) is 4.85. The molecular formula is C10H14N2O4S2. The van der Waals surface area contributed by atoms with Crippen LogP contribution in [-0.2, 0) is 14.8 Å². The van der Waals surface area contributed by atoms with Crippen molar-refractivity contribution < 1.29 is 17.9 Å². The second-order valence-corrected chi connectivity index (χ2v) is 7.17. The van der Waals surface area contributed by atoms with Crippen molar-refractivity contribution in [3.8, 4) is 0 Å². The number of ketones is 1. The van der Waals surface area contributed by atoms with Crippen LogP contribution in [-0.4, -0.2) is 45.3 Å². The molecule has 2 heterocycles. The van der Waals surface area contributed by atoms with Gasteiger partial charge >= 0.3 is 0 Å². The van der Waals surface area contributed by atoms with Gasteiger partial charge in [0.05, 0.1) is 17.1 Å². The maximum absolute atomic E-state index is 12.2. The number of thiophene rings is 1. The molecule has 2 N–H and O–H groups in total. The van der Waals surface area contributed by atoms with Gasteiger partial charge < -0.3 is 10.5 Å². The van der Waals surface area contributed by atoms with Crippen LogP contribution in [0, 0.1) is 0 Å². The van der Waals surface area contributed by atoms with Crippen LogP contribution in [0.2, 0.25) is 0 Å². The van der Waals surface area contributed by atoms with Crippen molar-refractivity contribution in [1.82, 2.24) is 4.31 Å². The number of fused-ring (bicyclic) bond motifs is 1. The molecule has 1 aliphatic rings. The molecule has 0 aromatic carbocycles. The third-order valence-electron chi connectivity index (χ3n) is 2.67. The summed E-state index contributed by atoms with van der Waals surface area (Å²) >= 11 is 0.940. The highest BCUT2D eigenvalue weighted by atomic mass is 32.2. The van der Waals surface area contributed by atoms with Crippen molar-refractivity contribution in [3.63, 3.8) is 0 Å². The number of rotatable bonds is 4. The van der Waals surface area contributed by atoms with Gasteiger partial charge in [0.25, 0.3) is 10.0 Å². The van der Waals surface area contributed by atoms with Crippen LogP contribution in [0.25, 0.3) is 0 Å². The van der Waals surface area contributed by atoms with Gasteiger partial charge in [0.2, 0.25) is 0 Å². The molecule has 0 saturated heterocycles. The minimum absolute atomic E-state index is 0.0636. The van der Waals surface area contributed by atoms with E-state index in [2.05, 4.69) is 0 Å². The van der Waals surface area contributed by atoms with Crippen LogP contribution in [0.4, 0.5) is 5.00 Å². The lowest BCUT2D eigenvalue weighted by molar-refractivity contribution is 0.0952. The first-order valence-corrected chi connectivity index (χ1v) is 7.64. The van der Waals surface area contributed by atoms with Crippen molar-refractivity contribution >= 4 is 32.1 Å². The first-order valence-electron chi connectivity index (χ1n) is 5.38. The van der Waals surface area contributed by atoms with Gasteiger partial charge in [0.15, 0.2) is 5.78 Å². The van der Waals surface area contributed by atoms with E-state index in [1.807, 2.05) is 0 Å². The van der Waals surface area contributed by atoms with Crippen LogP contribution in [0.15, 0.2) is 10.3 Å². The molecule has 0 spiro atoms. The molecule has 6 nitrogen and oxygen atoms in total. The Morgan fingerprint density at radius 2 is 2.28 bits per heavy atom. The van der Waals surface area contributed by atoms with Gasteiger partial charge in [-0.25, -0.2) is 8.42 Å². The van der Waals surface area contributed by atoms with E-state index in [0.29, 0.717) is 18.0 Å². The lowest BCUT2D eigenvalue weighted by atomic mass is 10.2. The van der Waals surface area contributed by atoms with Crippen LogP contribution >= 0.6 is 11.3 Å². The molecule has 0 atom stereocenters. The molecule has 1 aromatic rings. The third kappa shape index (κ3) is 2.28. The normalized spacial score (nSPS) is 18.8. The highest BCUT2D eigenvalue weighted by molar-refractivity contribution is 7.91. The summed E-state index contributed by atoms with van der Waals surface area (Å²) in [7, 11) is -2.03. The van der Waals surface area contributed by atoms with E-state index >= 15 is 0 Å². The number of nitrogens with two attached hydrogens (primary N) is 1. The van der Waals surface area contributed by atoms with Crippen molar-refractivity contribution in [2.45, 2.75) is 10.6 Å². The Hall–Kier alpha value is -0.960. The molecule has 2 rings (SSSR count). The number of anilines is 1. The van der Waals surface area contributed by atoms with E-state index in [-0.39, 0.29) is 28.6 Å². The summed E-state index contributed by atoms with van der Waals surface area (Å²) in [5, 5.41) is 0.343. The topological polar surface area (TPSA) is 89.7 Å². The third-order valence-corrected chi connectivity index (χ3v) is 5.99. The fourth-order valence-electron chi connectivity index (χ4n) is 1.81. The number of carbonyl (C=O) groups is 1. The summed E-state index contributed by atoms with van der Waals surface area (Å²) in [5.41, 5.74) is 5.79. The molecule has 0 aliphatic carbocycles. The van der Waals surface area contributed by atoms with E-state index < -0.39 is 10.0 Å². The molecule has 1 aromatic heterocycles. The number of sulfonamides is 1. The number of carbonyl (C=O) groups excluding carboxylic acids is 1. The van der Waals surface area contributed by atoms with Gasteiger partial charge in [-0.05, 0) is 12.5 Å². The van der Waals surface area contributed by atoms with E-state index in [4.69, 9.17) is 10.5 Å². The number of nitrogens with zero attached hydrogens (tertiary/aromatic N) is 1. The SMILES string of the molecule is COCCCN1CC(=O)c2cc(N)sc2S1(=O)=O. The van der Waals surface area contributed by atoms with Crippen LogP contribution < -0.4 is 5.73 Å². The summed E-state index contributed by atoms with van der Waals surface area (Å²) in [6.07, 6.45) is 0.555. The number of hydrogen-bond acceptors (Lipinski definition) is 6. The first kappa shape index (κ1) is 13.5. The Kier molecular flexibility index (Phi) is 3.71. The Balaban J connectivity index is 2.30. The number of nitrogen functional groups attached to an aromatic ring is 1. The fraction of sp³-hybridized carbons (Fsp3) is 0.500. The largest absolute Gasteiger partial charge is 0.391 e. The summed E-state index contributed by atoms with van der Waals surface area (Å²) < 4.78 is 30.6.